The lowest BCUT2D eigenvalue weighted by Crippen LogP contribution is -2.14. The minimum absolute atomic E-state index is 0.701. The number of halogens is 1. The van der Waals surface area contributed by atoms with Crippen molar-refractivity contribution in [2.45, 2.75) is 26.1 Å². The molecule has 0 unspecified atom stereocenters. The van der Waals surface area contributed by atoms with Crippen molar-refractivity contribution in [1.29, 1.82) is 0 Å². The van der Waals surface area contributed by atoms with Gasteiger partial charge >= 0.3 is 0 Å². The first-order valence-electron chi connectivity index (χ1n) is 3.54. The SMILES string of the molecule is C[Si](C)(C)C=C=CCCCl. The first-order valence-corrected chi connectivity index (χ1v) is 7.65. The van der Waals surface area contributed by atoms with E-state index in [1.807, 2.05) is 6.08 Å². The fourth-order valence-electron chi connectivity index (χ4n) is 0.447. The fraction of sp³-hybridized carbons (Fsp3) is 0.625. The maximum atomic E-state index is 5.48. The van der Waals surface area contributed by atoms with Crippen LogP contribution in [0.3, 0.4) is 0 Å². The van der Waals surface area contributed by atoms with Crippen molar-refractivity contribution in [3.05, 3.63) is 17.5 Å². The van der Waals surface area contributed by atoms with E-state index in [4.69, 9.17) is 11.6 Å². The van der Waals surface area contributed by atoms with Crippen molar-refractivity contribution >= 4 is 19.7 Å². The van der Waals surface area contributed by atoms with Gasteiger partial charge in [0, 0.05) is 5.88 Å². The number of hydrogen-bond donors (Lipinski definition) is 0. The average molecular weight is 175 g/mol. The van der Waals surface area contributed by atoms with Crippen molar-refractivity contribution in [3.63, 3.8) is 0 Å². The molecule has 0 atom stereocenters. The van der Waals surface area contributed by atoms with Gasteiger partial charge in [0.25, 0.3) is 0 Å². The first kappa shape index (κ1) is 10.0. The molecule has 0 N–H and O–H groups in total. The van der Waals surface area contributed by atoms with Gasteiger partial charge in [-0.25, -0.2) is 0 Å². The van der Waals surface area contributed by atoms with Gasteiger partial charge in [0.2, 0.25) is 0 Å². The lowest BCUT2D eigenvalue weighted by molar-refractivity contribution is 1.24. The summed E-state index contributed by atoms with van der Waals surface area (Å²) in [6.45, 7) is 6.86. The highest BCUT2D eigenvalue weighted by atomic mass is 35.5. The van der Waals surface area contributed by atoms with Gasteiger partial charge in [-0.05, 0) is 12.5 Å². The van der Waals surface area contributed by atoms with E-state index in [1.54, 1.807) is 0 Å². The van der Waals surface area contributed by atoms with Crippen LogP contribution in [0.1, 0.15) is 6.42 Å². The molecule has 0 rings (SSSR count). The van der Waals surface area contributed by atoms with Gasteiger partial charge in [0.1, 0.15) is 0 Å². The summed E-state index contributed by atoms with van der Waals surface area (Å²) >= 11 is 5.48. The van der Waals surface area contributed by atoms with E-state index in [2.05, 4.69) is 31.1 Å². The monoisotopic (exact) mass is 174 g/mol. The minimum atomic E-state index is -1.02. The van der Waals surface area contributed by atoms with Crippen LogP contribution in [0.25, 0.3) is 0 Å². The molecule has 0 radical (unpaired) electrons. The third-order valence-corrected chi connectivity index (χ3v) is 2.14. The van der Waals surface area contributed by atoms with E-state index in [1.165, 1.54) is 0 Å². The van der Waals surface area contributed by atoms with Gasteiger partial charge in [-0.2, -0.15) is 0 Å². The third-order valence-electron chi connectivity index (χ3n) is 0.888. The molecule has 0 aliphatic heterocycles. The predicted molar refractivity (Wildman–Crippen MR) is 51.3 cm³/mol. The summed E-state index contributed by atoms with van der Waals surface area (Å²) in [5.41, 5.74) is 5.35. The molecule has 0 spiro atoms. The number of rotatable bonds is 3. The minimum Gasteiger partial charge on any atom is -0.134 e. The summed E-state index contributed by atoms with van der Waals surface area (Å²) in [5, 5.41) is 0. The molecule has 0 aromatic heterocycles. The standard InChI is InChI=1S/C8H15ClSi/c1-10(2,3)8-6-4-5-7-9/h4,8H,5,7H2,1-3H3. The highest BCUT2D eigenvalue weighted by Gasteiger charge is 2.05. The molecule has 0 aromatic rings. The van der Waals surface area contributed by atoms with E-state index >= 15 is 0 Å². The molecule has 0 nitrogen and oxygen atoms in total. The largest absolute Gasteiger partial charge is 0.134 e. The summed E-state index contributed by atoms with van der Waals surface area (Å²) in [6.07, 6.45) is 2.94. The summed E-state index contributed by atoms with van der Waals surface area (Å²) in [6, 6.07) is 0. The van der Waals surface area contributed by atoms with Crippen LogP contribution < -0.4 is 0 Å². The van der Waals surface area contributed by atoms with Gasteiger partial charge in [-0.1, -0.05) is 25.3 Å². The Morgan fingerprint density at radius 3 is 2.40 bits per heavy atom. The Balaban J connectivity index is 3.74. The van der Waals surface area contributed by atoms with E-state index in [9.17, 15) is 0 Å². The van der Waals surface area contributed by atoms with E-state index in [0.717, 1.165) is 6.42 Å². The van der Waals surface area contributed by atoms with Crippen LogP contribution in [0, 0.1) is 0 Å². The lowest BCUT2D eigenvalue weighted by Gasteiger charge is -2.04. The van der Waals surface area contributed by atoms with Crippen molar-refractivity contribution < 1.29 is 0 Å². The molecule has 0 fully saturated rings. The molecule has 0 bridgehead atoms. The second-order valence-corrected chi connectivity index (χ2v) is 8.76. The number of alkyl halides is 1. The molecule has 58 valence electrons. The van der Waals surface area contributed by atoms with E-state index in [0.29, 0.717) is 5.88 Å². The molecule has 0 heterocycles. The molecule has 0 aliphatic rings. The first-order chi connectivity index (χ1) is 4.56. The van der Waals surface area contributed by atoms with Crippen LogP contribution >= 0.6 is 11.6 Å². The van der Waals surface area contributed by atoms with Gasteiger partial charge < -0.3 is 0 Å². The number of allylic oxidation sites excluding steroid dienone is 1. The zero-order valence-electron chi connectivity index (χ0n) is 6.95. The van der Waals surface area contributed by atoms with Crippen LogP contribution in [0.4, 0.5) is 0 Å². The zero-order chi connectivity index (χ0) is 8.04. The van der Waals surface area contributed by atoms with Crippen LogP contribution in [0.5, 0.6) is 0 Å². The second kappa shape index (κ2) is 4.78. The molecular formula is C8H15ClSi. The van der Waals surface area contributed by atoms with Crippen LogP contribution in [0.15, 0.2) is 17.5 Å². The van der Waals surface area contributed by atoms with Crippen molar-refractivity contribution in [1.82, 2.24) is 0 Å². The van der Waals surface area contributed by atoms with Crippen LogP contribution in [0.2, 0.25) is 19.6 Å². The predicted octanol–water partition coefficient (Wildman–Crippen LogP) is 3.20. The Labute approximate surface area is 69.6 Å². The van der Waals surface area contributed by atoms with Gasteiger partial charge in [0.15, 0.2) is 0 Å². The maximum absolute atomic E-state index is 5.48. The topological polar surface area (TPSA) is 0 Å². The zero-order valence-corrected chi connectivity index (χ0v) is 8.70. The smallest absolute Gasteiger partial charge is 0.0781 e. The van der Waals surface area contributed by atoms with Crippen molar-refractivity contribution in [2.24, 2.45) is 0 Å². The van der Waals surface area contributed by atoms with Gasteiger partial charge in [0.05, 0.1) is 8.07 Å². The second-order valence-electron chi connectivity index (χ2n) is 3.36. The van der Waals surface area contributed by atoms with Gasteiger partial charge in [-0.3, -0.25) is 0 Å². The fourth-order valence-corrected chi connectivity index (χ4v) is 1.17. The molecule has 0 amide bonds. The Kier molecular flexibility index (Phi) is 4.80. The summed E-state index contributed by atoms with van der Waals surface area (Å²) in [5.74, 6) is 0.701. The maximum Gasteiger partial charge on any atom is 0.0781 e. The van der Waals surface area contributed by atoms with Crippen LogP contribution in [-0.2, 0) is 0 Å². The van der Waals surface area contributed by atoms with Crippen molar-refractivity contribution in [3.8, 4) is 0 Å². The Morgan fingerprint density at radius 1 is 1.40 bits per heavy atom. The summed E-state index contributed by atoms with van der Waals surface area (Å²) < 4.78 is 0. The molecule has 2 heteroatoms. The molecular weight excluding hydrogens is 160 g/mol. The highest BCUT2D eigenvalue weighted by Crippen LogP contribution is 2.00. The van der Waals surface area contributed by atoms with Crippen LogP contribution in [-0.4, -0.2) is 14.0 Å². The average Bonchev–Trinajstić information content (AvgIpc) is 1.78. The normalized spacial score (nSPS) is 10.4. The summed E-state index contributed by atoms with van der Waals surface area (Å²) in [4.78, 5) is 0. The Hall–Kier alpha value is 0.0269. The molecule has 0 saturated heterocycles. The van der Waals surface area contributed by atoms with E-state index in [-0.39, 0.29) is 0 Å². The Morgan fingerprint density at radius 2 is 2.00 bits per heavy atom. The Bertz CT molecular complexity index is 138. The third kappa shape index (κ3) is 8.03. The number of hydrogen-bond acceptors (Lipinski definition) is 0. The van der Waals surface area contributed by atoms with E-state index < -0.39 is 8.07 Å². The quantitative estimate of drug-likeness (QED) is 0.350. The molecule has 10 heavy (non-hydrogen) atoms. The molecule has 0 saturated carbocycles. The van der Waals surface area contributed by atoms with Gasteiger partial charge in [-0.15, -0.1) is 17.3 Å². The summed E-state index contributed by atoms with van der Waals surface area (Å²) in [7, 11) is -1.02. The molecule has 0 aliphatic carbocycles. The highest BCUT2D eigenvalue weighted by molar-refractivity contribution is 6.80. The lowest BCUT2D eigenvalue weighted by atomic mass is 10.5. The molecule has 0 aromatic carbocycles. The van der Waals surface area contributed by atoms with Crippen molar-refractivity contribution in [2.75, 3.05) is 5.88 Å².